The summed E-state index contributed by atoms with van der Waals surface area (Å²) in [5.74, 6) is 2.18. The van der Waals surface area contributed by atoms with E-state index in [-0.39, 0.29) is 12.5 Å². The highest BCUT2D eigenvalue weighted by Crippen LogP contribution is 2.29. The molecule has 0 spiro atoms. The van der Waals surface area contributed by atoms with E-state index < -0.39 is 0 Å². The molecule has 1 aromatic heterocycles. The Morgan fingerprint density at radius 3 is 2.74 bits per heavy atom. The maximum Gasteiger partial charge on any atom is 0.248 e. The molecule has 3 N–H and O–H groups in total. The highest BCUT2D eigenvalue weighted by atomic mass is 35.5. The van der Waals surface area contributed by atoms with Crippen molar-refractivity contribution in [1.29, 1.82) is 0 Å². The Kier molecular flexibility index (Phi) is 5.77. The average Bonchev–Trinajstić information content (AvgIpc) is 3.15. The highest BCUT2D eigenvalue weighted by Gasteiger charge is 2.09. The van der Waals surface area contributed by atoms with Gasteiger partial charge >= 0.3 is 0 Å². The number of ether oxygens (including phenoxy) is 2. The Morgan fingerprint density at radius 2 is 2.00 bits per heavy atom. The molecule has 0 aliphatic heterocycles. The Labute approximate surface area is 161 Å². The third kappa shape index (κ3) is 4.68. The first-order chi connectivity index (χ1) is 13.1. The van der Waals surface area contributed by atoms with Crippen LogP contribution in [0.15, 0.2) is 52.0 Å². The van der Waals surface area contributed by atoms with Crippen LogP contribution in [0.1, 0.15) is 5.89 Å². The van der Waals surface area contributed by atoms with Crippen molar-refractivity contribution in [2.24, 2.45) is 10.7 Å². The van der Waals surface area contributed by atoms with Gasteiger partial charge in [0.2, 0.25) is 11.7 Å². The van der Waals surface area contributed by atoms with Crippen LogP contribution in [0.4, 0.5) is 5.69 Å². The van der Waals surface area contributed by atoms with Crippen LogP contribution in [0.2, 0.25) is 5.02 Å². The molecule has 0 fully saturated rings. The Bertz CT molecular complexity index is 958. The van der Waals surface area contributed by atoms with Gasteiger partial charge in [0.1, 0.15) is 6.54 Å². The molecule has 3 aromatic rings. The number of aromatic nitrogens is 2. The van der Waals surface area contributed by atoms with Crippen molar-refractivity contribution in [3.05, 3.63) is 53.4 Å². The molecule has 0 aliphatic rings. The molecule has 27 heavy (non-hydrogen) atoms. The molecular formula is C18H18ClN5O3. The number of hydrogen-bond acceptors (Lipinski definition) is 6. The fourth-order valence-corrected chi connectivity index (χ4v) is 2.51. The first-order valence-electron chi connectivity index (χ1n) is 7.96. The lowest BCUT2D eigenvalue weighted by Crippen LogP contribution is -2.22. The number of aliphatic imine (C=N–C) groups is 1. The van der Waals surface area contributed by atoms with Crippen molar-refractivity contribution in [1.82, 2.24) is 10.1 Å². The van der Waals surface area contributed by atoms with Crippen LogP contribution in [0.3, 0.4) is 0 Å². The Hall–Kier alpha value is -3.26. The van der Waals surface area contributed by atoms with E-state index in [1.54, 1.807) is 44.6 Å². The van der Waals surface area contributed by atoms with Gasteiger partial charge < -0.3 is 25.0 Å². The normalized spacial score (nSPS) is 11.3. The number of nitrogens with one attached hydrogen (secondary N) is 1. The monoisotopic (exact) mass is 387 g/mol. The van der Waals surface area contributed by atoms with Crippen LogP contribution in [0.25, 0.3) is 11.4 Å². The molecule has 1 heterocycles. The summed E-state index contributed by atoms with van der Waals surface area (Å²) in [5, 5.41) is 7.49. The third-order valence-electron chi connectivity index (χ3n) is 3.59. The quantitative estimate of drug-likeness (QED) is 0.493. The fourth-order valence-electron chi connectivity index (χ4n) is 2.32. The predicted octanol–water partition coefficient (Wildman–Crippen LogP) is 3.33. The third-order valence-corrected chi connectivity index (χ3v) is 3.83. The number of nitrogens with zero attached hydrogens (tertiary/aromatic N) is 3. The number of anilines is 1. The maximum absolute atomic E-state index is 5.97. The topological polar surface area (TPSA) is 108 Å². The lowest BCUT2D eigenvalue weighted by atomic mass is 10.2. The number of benzene rings is 2. The molecule has 8 nitrogen and oxygen atoms in total. The largest absolute Gasteiger partial charge is 0.493 e. The molecule has 0 saturated carbocycles. The van der Waals surface area contributed by atoms with Crippen molar-refractivity contribution in [2.75, 3.05) is 19.5 Å². The standard InChI is InChI=1S/C18H18ClN5O3/c1-25-14-7-6-13(9-15(14)26-2)22-18(20)21-10-16-23-17(24-27-16)11-4-3-5-12(19)8-11/h3-9H,10H2,1-2H3,(H3,20,21,22). The SMILES string of the molecule is COc1ccc(NC(N)=NCc2nc(-c3cccc(Cl)c3)no2)cc1OC. The lowest BCUT2D eigenvalue weighted by Gasteiger charge is -2.10. The second kappa shape index (κ2) is 8.41. The van der Waals surface area contributed by atoms with Gasteiger partial charge in [-0.15, -0.1) is 0 Å². The summed E-state index contributed by atoms with van der Waals surface area (Å²) >= 11 is 5.97. The fraction of sp³-hybridized carbons (Fsp3) is 0.167. The van der Waals surface area contributed by atoms with Gasteiger partial charge in [0.25, 0.3) is 0 Å². The molecule has 9 heteroatoms. The summed E-state index contributed by atoms with van der Waals surface area (Å²) in [7, 11) is 3.13. The predicted molar refractivity (Wildman–Crippen MR) is 103 cm³/mol. The minimum atomic E-state index is 0.139. The summed E-state index contributed by atoms with van der Waals surface area (Å²) in [4.78, 5) is 8.49. The van der Waals surface area contributed by atoms with Crippen LogP contribution in [0, 0.1) is 0 Å². The van der Waals surface area contributed by atoms with Crippen molar-refractivity contribution in [2.45, 2.75) is 6.54 Å². The number of methoxy groups -OCH3 is 2. The molecule has 2 aromatic carbocycles. The number of guanidine groups is 1. The van der Waals surface area contributed by atoms with Gasteiger partial charge in [-0.2, -0.15) is 4.98 Å². The minimum absolute atomic E-state index is 0.139. The van der Waals surface area contributed by atoms with Gasteiger partial charge in [-0.1, -0.05) is 28.9 Å². The summed E-state index contributed by atoms with van der Waals surface area (Å²) in [5.41, 5.74) is 7.38. The van der Waals surface area contributed by atoms with Crippen molar-refractivity contribution in [3.8, 4) is 22.9 Å². The number of nitrogens with two attached hydrogens (primary N) is 1. The summed E-state index contributed by atoms with van der Waals surface area (Å²) < 4.78 is 15.6. The molecule has 0 amide bonds. The molecular weight excluding hydrogens is 370 g/mol. The maximum atomic E-state index is 5.97. The van der Waals surface area contributed by atoms with E-state index in [1.807, 2.05) is 12.1 Å². The molecule has 3 rings (SSSR count). The zero-order valence-electron chi connectivity index (χ0n) is 14.8. The Morgan fingerprint density at radius 1 is 1.19 bits per heavy atom. The van der Waals surface area contributed by atoms with Crippen LogP contribution in [0.5, 0.6) is 11.5 Å². The molecule has 0 atom stereocenters. The van der Waals surface area contributed by atoms with Gasteiger partial charge in [-0.05, 0) is 24.3 Å². The number of rotatable bonds is 6. The first-order valence-corrected chi connectivity index (χ1v) is 8.34. The van der Waals surface area contributed by atoms with Crippen molar-refractivity contribution in [3.63, 3.8) is 0 Å². The van der Waals surface area contributed by atoms with Crippen LogP contribution in [-0.2, 0) is 6.54 Å². The lowest BCUT2D eigenvalue weighted by molar-refractivity contribution is 0.355. The molecule has 0 aliphatic carbocycles. The van der Waals surface area contributed by atoms with E-state index in [0.717, 1.165) is 5.56 Å². The minimum Gasteiger partial charge on any atom is -0.493 e. The van der Waals surface area contributed by atoms with Crippen LogP contribution >= 0.6 is 11.6 Å². The van der Waals surface area contributed by atoms with E-state index >= 15 is 0 Å². The van der Waals surface area contributed by atoms with Crippen LogP contribution in [-0.4, -0.2) is 30.3 Å². The number of hydrogen-bond donors (Lipinski definition) is 2. The molecule has 0 unspecified atom stereocenters. The highest BCUT2D eigenvalue weighted by molar-refractivity contribution is 6.30. The van der Waals surface area contributed by atoms with E-state index in [4.69, 9.17) is 31.3 Å². The van der Waals surface area contributed by atoms with Crippen LogP contribution < -0.4 is 20.5 Å². The summed E-state index contributed by atoms with van der Waals surface area (Å²) in [6, 6.07) is 12.5. The number of halogens is 1. The molecule has 0 bridgehead atoms. The van der Waals surface area contributed by atoms with Gasteiger partial charge in [0.15, 0.2) is 17.5 Å². The van der Waals surface area contributed by atoms with Crippen molar-refractivity contribution < 1.29 is 14.0 Å². The van der Waals surface area contributed by atoms with Gasteiger partial charge in [0.05, 0.1) is 14.2 Å². The van der Waals surface area contributed by atoms with Gasteiger partial charge in [-0.25, -0.2) is 4.99 Å². The molecule has 0 radical (unpaired) electrons. The van der Waals surface area contributed by atoms with E-state index in [1.165, 1.54) is 0 Å². The average molecular weight is 388 g/mol. The molecule has 0 saturated heterocycles. The second-order valence-electron chi connectivity index (χ2n) is 5.42. The zero-order valence-corrected chi connectivity index (χ0v) is 15.5. The van der Waals surface area contributed by atoms with E-state index in [0.29, 0.717) is 33.9 Å². The van der Waals surface area contributed by atoms with Gasteiger partial charge in [0, 0.05) is 22.3 Å². The molecule has 140 valence electrons. The summed E-state index contributed by atoms with van der Waals surface area (Å²) in [6.07, 6.45) is 0. The van der Waals surface area contributed by atoms with Gasteiger partial charge in [-0.3, -0.25) is 0 Å². The summed E-state index contributed by atoms with van der Waals surface area (Å²) in [6.45, 7) is 0.139. The van der Waals surface area contributed by atoms with E-state index in [2.05, 4.69) is 20.4 Å². The smallest absolute Gasteiger partial charge is 0.248 e. The zero-order chi connectivity index (χ0) is 19.2. The van der Waals surface area contributed by atoms with E-state index in [9.17, 15) is 0 Å². The van der Waals surface area contributed by atoms with Crippen molar-refractivity contribution >= 4 is 23.2 Å². The first kappa shape index (κ1) is 18.5. The Balaban J connectivity index is 1.66. The second-order valence-corrected chi connectivity index (χ2v) is 5.85.